The second-order valence-corrected chi connectivity index (χ2v) is 4.31. The van der Waals surface area contributed by atoms with Crippen LogP contribution in [0.2, 0.25) is 5.02 Å². The average Bonchev–Trinajstić information content (AvgIpc) is 2.73. The Morgan fingerprint density at radius 2 is 2.33 bits per heavy atom. The van der Waals surface area contributed by atoms with Crippen LogP contribution in [0.4, 0.5) is 5.69 Å². The van der Waals surface area contributed by atoms with Gasteiger partial charge in [-0.2, -0.15) is 5.10 Å². The van der Waals surface area contributed by atoms with E-state index in [1.54, 1.807) is 12.4 Å². The van der Waals surface area contributed by atoms with Crippen LogP contribution in [-0.2, 0) is 17.9 Å². The topological polar surface area (TPSA) is 72.9 Å². The zero-order valence-electron chi connectivity index (χ0n) is 9.64. The fourth-order valence-electron chi connectivity index (χ4n) is 1.55. The predicted octanol–water partition coefficient (Wildman–Crippen LogP) is 1.63. The predicted molar refractivity (Wildman–Crippen MR) is 70.2 cm³/mol. The van der Waals surface area contributed by atoms with Gasteiger partial charge in [0.25, 0.3) is 0 Å². The lowest BCUT2D eigenvalue weighted by molar-refractivity contribution is -0.118. The van der Waals surface area contributed by atoms with Crippen LogP contribution in [0.15, 0.2) is 36.7 Å². The van der Waals surface area contributed by atoms with Crippen molar-refractivity contribution in [2.45, 2.75) is 13.1 Å². The zero-order chi connectivity index (χ0) is 13.0. The summed E-state index contributed by atoms with van der Waals surface area (Å²) in [6.07, 6.45) is 3.38. The lowest BCUT2D eigenvalue weighted by atomic mass is 10.2. The lowest BCUT2D eigenvalue weighted by Crippen LogP contribution is -2.18. The molecule has 0 fully saturated rings. The number of halogens is 1. The van der Waals surface area contributed by atoms with Crippen molar-refractivity contribution in [1.82, 2.24) is 9.78 Å². The number of carbonyl (C=O) groups is 1. The molecule has 0 atom stereocenters. The molecule has 0 saturated heterocycles. The molecule has 0 aliphatic rings. The number of primary amides is 1. The molecular weight excluding hydrogens is 252 g/mol. The first-order valence-electron chi connectivity index (χ1n) is 5.42. The van der Waals surface area contributed by atoms with E-state index >= 15 is 0 Å². The summed E-state index contributed by atoms with van der Waals surface area (Å²) in [5.41, 5.74) is 6.98. The molecule has 1 heterocycles. The number of benzene rings is 1. The van der Waals surface area contributed by atoms with Gasteiger partial charge in [-0.15, -0.1) is 0 Å². The molecule has 0 aliphatic heterocycles. The summed E-state index contributed by atoms with van der Waals surface area (Å²) in [6, 6.07) is 7.60. The maximum atomic E-state index is 10.7. The van der Waals surface area contributed by atoms with Gasteiger partial charge in [-0.1, -0.05) is 23.7 Å². The van der Waals surface area contributed by atoms with E-state index in [9.17, 15) is 4.79 Å². The number of nitrogens with two attached hydrogens (primary N) is 1. The van der Waals surface area contributed by atoms with Gasteiger partial charge in [0.15, 0.2) is 0 Å². The largest absolute Gasteiger partial charge is 0.378 e. The summed E-state index contributed by atoms with van der Waals surface area (Å²) in [5, 5.41) is 7.91. The molecule has 1 aromatic carbocycles. The number of amides is 1. The highest BCUT2D eigenvalue weighted by molar-refractivity contribution is 6.30. The maximum absolute atomic E-state index is 10.7. The zero-order valence-corrected chi connectivity index (χ0v) is 10.4. The third-order valence-electron chi connectivity index (χ3n) is 2.34. The van der Waals surface area contributed by atoms with Gasteiger partial charge in [-0.05, 0) is 17.7 Å². The lowest BCUT2D eigenvalue weighted by Gasteiger charge is -2.03. The summed E-state index contributed by atoms with van der Waals surface area (Å²) in [4.78, 5) is 10.7. The minimum atomic E-state index is -0.417. The fourth-order valence-corrected chi connectivity index (χ4v) is 1.76. The van der Waals surface area contributed by atoms with E-state index in [1.165, 1.54) is 4.68 Å². The number of nitrogens with zero attached hydrogens (tertiary/aromatic N) is 2. The fraction of sp³-hybridized carbons (Fsp3) is 0.167. The Bertz CT molecular complexity index is 553. The van der Waals surface area contributed by atoms with Gasteiger partial charge < -0.3 is 11.1 Å². The van der Waals surface area contributed by atoms with Gasteiger partial charge in [0, 0.05) is 17.8 Å². The Morgan fingerprint density at radius 1 is 1.50 bits per heavy atom. The quantitative estimate of drug-likeness (QED) is 0.862. The first-order valence-corrected chi connectivity index (χ1v) is 5.80. The number of hydrogen-bond acceptors (Lipinski definition) is 3. The monoisotopic (exact) mass is 264 g/mol. The van der Waals surface area contributed by atoms with Crippen molar-refractivity contribution in [3.63, 3.8) is 0 Å². The molecule has 3 N–H and O–H groups in total. The molecule has 18 heavy (non-hydrogen) atoms. The minimum Gasteiger partial charge on any atom is -0.378 e. The Hall–Kier alpha value is -2.01. The van der Waals surface area contributed by atoms with Crippen molar-refractivity contribution in [2.75, 3.05) is 5.32 Å². The van der Waals surface area contributed by atoms with Crippen molar-refractivity contribution < 1.29 is 4.79 Å². The number of hydrogen-bond donors (Lipinski definition) is 2. The Morgan fingerprint density at radius 3 is 3.06 bits per heavy atom. The van der Waals surface area contributed by atoms with Gasteiger partial charge >= 0.3 is 0 Å². The molecule has 1 amide bonds. The van der Waals surface area contributed by atoms with Gasteiger partial charge in [0.05, 0.1) is 11.9 Å². The molecule has 2 aromatic rings. The van der Waals surface area contributed by atoms with Crippen LogP contribution in [0.3, 0.4) is 0 Å². The number of carbonyl (C=O) groups excluding carboxylic acids is 1. The van der Waals surface area contributed by atoms with Crippen LogP contribution >= 0.6 is 11.6 Å². The SMILES string of the molecule is NC(=O)Cn1cc(NCc2cccc(Cl)c2)cn1. The second-order valence-electron chi connectivity index (χ2n) is 3.88. The molecule has 0 saturated carbocycles. The number of anilines is 1. The second kappa shape index (κ2) is 5.55. The summed E-state index contributed by atoms with van der Waals surface area (Å²) in [5.74, 6) is -0.417. The van der Waals surface area contributed by atoms with Crippen LogP contribution in [0.25, 0.3) is 0 Å². The van der Waals surface area contributed by atoms with E-state index in [4.69, 9.17) is 17.3 Å². The van der Waals surface area contributed by atoms with E-state index < -0.39 is 5.91 Å². The van der Waals surface area contributed by atoms with Crippen LogP contribution < -0.4 is 11.1 Å². The summed E-state index contributed by atoms with van der Waals surface area (Å²) in [7, 11) is 0. The molecule has 0 unspecified atom stereocenters. The van der Waals surface area contributed by atoms with E-state index in [0.717, 1.165) is 11.3 Å². The van der Waals surface area contributed by atoms with Gasteiger partial charge in [-0.3, -0.25) is 9.48 Å². The highest BCUT2D eigenvalue weighted by Gasteiger charge is 2.01. The third-order valence-corrected chi connectivity index (χ3v) is 2.57. The molecule has 5 nitrogen and oxygen atoms in total. The first-order chi connectivity index (χ1) is 8.63. The van der Waals surface area contributed by atoms with Crippen molar-refractivity contribution in [3.05, 3.63) is 47.2 Å². The standard InChI is InChI=1S/C12H13ClN4O/c13-10-3-1-2-9(4-10)5-15-11-6-16-17(7-11)8-12(14)18/h1-4,6-7,15H,5,8H2,(H2,14,18). The highest BCUT2D eigenvalue weighted by Crippen LogP contribution is 2.12. The Kier molecular flexibility index (Phi) is 3.84. The van der Waals surface area contributed by atoms with Crippen molar-refractivity contribution in [2.24, 2.45) is 5.73 Å². The molecular formula is C12H13ClN4O. The normalized spacial score (nSPS) is 10.3. The van der Waals surface area contributed by atoms with Gasteiger partial charge in [-0.25, -0.2) is 0 Å². The smallest absolute Gasteiger partial charge is 0.239 e. The molecule has 6 heteroatoms. The highest BCUT2D eigenvalue weighted by atomic mass is 35.5. The Balaban J connectivity index is 1.94. The molecule has 0 radical (unpaired) electrons. The third kappa shape index (κ3) is 3.49. The van der Waals surface area contributed by atoms with Crippen LogP contribution in [0, 0.1) is 0 Å². The summed E-state index contributed by atoms with van der Waals surface area (Å²) >= 11 is 5.89. The summed E-state index contributed by atoms with van der Waals surface area (Å²) in [6.45, 7) is 0.724. The number of rotatable bonds is 5. The minimum absolute atomic E-state index is 0.0822. The van der Waals surface area contributed by atoms with Crippen LogP contribution in [0.1, 0.15) is 5.56 Å². The van der Waals surface area contributed by atoms with E-state index in [0.29, 0.717) is 11.6 Å². The number of nitrogens with one attached hydrogen (secondary N) is 1. The number of aromatic nitrogens is 2. The van der Waals surface area contributed by atoms with Crippen LogP contribution in [0.5, 0.6) is 0 Å². The molecule has 0 aliphatic carbocycles. The van der Waals surface area contributed by atoms with Crippen molar-refractivity contribution in [3.8, 4) is 0 Å². The molecule has 0 bridgehead atoms. The average molecular weight is 265 g/mol. The van der Waals surface area contributed by atoms with E-state index in [2.05, 4.69) is 10.4 Å². The van der Waals surface area contributed by atoms with Gasteiger partial charge in [0.1, 0.15) is 6.54 Å². The molecule has 94 valence electrons. The maximum Gasteiger partial charge on any atom is 0.239 e. The van der Waals surface area contributed by atoms with Gasteiger partial charge in [0.2, 0.25) is 5.91 Å². The van der Waals surface area contributed by atoms with Crippen molar-refractivity contribution in [1.29, 1.82) is 0 Å². The Labute approximate surface area is 110 Å². The van der Waals surface area contributed by atoms with E-state index in [-0.39, 0.29) is 6.54 Å². The molecule has 0 spiro atoms. The first kappa shape index (κ1) is 12.4. The molecule has 2 rings (SSSR count). The summed E-state index contributed by atoms with van der Waals surface area (Å²) < 4.78 is 1.49. The van der Waals surface area contributed by atoms with E-state index in [1.807, 2.05) is 24.3 Å². The van der Waals surface area contributed by atoms with Crippen LogP contribution in [-0.4, -0.2) is 15.7 Å². The molecule has 1 aromatic heterocycles. The van der Waals surface area contributed by atoms with Crippen molar-refractivity contribution >= 4 is 23.2 Å².